The van der Waals surface area contributed by atoms with Gasteiger partial charge in [-0.2, -0.15) is 0 Å². The topological polar surface area (TPSA) is 59.2 Å². The summed E-state index contributed by atoms with van der Waals surface area (Å²) in [6.07, 6.45) is 2.21. The minimum atomic E-state index is -0.583. The second kappa shape index (κ2) is 6.05. The summed E-state index contributed by atoms with van der Waals surface area (Å²) in [6, 6.07) is 7.20. The molecule has 0 atom stereocenters. The number of rotatable bonds is 3. The van der Waals surface area contributed by atoms with Crippen molar-refractivity contribution in [3.05, 3.63) is 63.4 Å². The molecule has 5 heteroatoms. The van der Waals surface area contributed by atoms with Gasteiger partial charge in [-0.25, -0.2) is 4.79 Å². The molecule has 1 aliphatic rings. The molecule has 4 nitrogen and oxygen atoms in total. The van der Waals surface area contributed by atoms with Gasteiger partial charge >= 0.3 is 5.97 Å². The molecule has 0 radical (unpaired) electrons. The van der Waals surface area contributed by atoms with Crippen molar-refractivity contribution in [1.82, 2.24) is 4.98 Å². The minimum absolute atomic E-state index is 0.100. The molecule has 1 heterocycles. The number of benzene rings is 1. The molecule has 1 aromatic carbocycles. The standard InChI is InChI=1S/C18H16ClNO3/c1-3-23-18(22)16-13(15-5-4-6-20-15)8-11-9-14(19)10(2)7-12(11)17(16)21/h4-7,9,20H,3,8H2,1-2H3. The molecule has 0 bridgehead atoms. The fraction of sp³-hybridized carbons (Fsp3) is 0.222. The second-order valence-electron chi connectivity index (χ2n) is 5.42. The number of esters is 1. The van der Waals surface area contributed by atoms with E-state index in [9.17, 15) is 9.59 Å². The van der Waals surface area contributed by atoms with E-state index in [0.717, 1.165) is 16.8 Å². The number of Topliss-reactive ketones (excluding diaryl/α,β-unsaturated/α-hetero) is 1. The number of ether oxygens (including phenoxy) is 1. The molecule has 2 aromatic rings. The zero-order chi connectivity index (χ0) is 16.6. The van der Waals surface area contributed by atoms with Crippen LogP contribution in [0.4, 0.5) is 0 Å². The Kier molecular flexibility index (Phi) is 4.09. The number of aromatic amines is 1. The first-order chi connectivity index (χ1) is 11.0. The number of ketones is 1. The van der Waals surface area contributed by atoms with E-state index in [1.165, 1.54) is 0 Å². The summed E-state index contributed by atoms with van der Waals surface area (Å²) in [5.74, 6) is -0.894. The fourth-order valence-corrected chi connectivity index (χ4v) is 2.98. The highest BCUT2D eigenvalue weighted by Gasteiger charge is 2.33. The van der Waals surface area contributed by atoms with E-state index in [1.807, 2.05) is 19.1 Å². The van der Waals surface area contributed by atoms with Crippen molar-refractivity contribution in [2.75, 3.05) is 6.61 Å². The molecule has 1 aromatic heterocycles. The highest BCUT2D eigenvalue weighted by atomic mass is 35.5. The van der Waals surface area contributed by atoms with Crippen LogP contribution in [0.5, 0.6) is 0 Å². The quantitative estimate of drug-likeness (QED) is 0.689. The predicted molar refractivity (Wildman–Crippen MR) is 88.6 cm³/mol. The van der Waals surface area contributed by atoms with Crippen molar-refractivity contribution < 1.29 is 14.3 Å². The van der Waals surface area contributed by atoms with E-state index >= 15 is 0 Å². The van der Waals surface area contributed by atoms with Crippen LogP contribution in [0, 0.1) is 6.92 Å². The zero-order valence-electron chi connectivity index (χ0n) is 12.9. The number of halogens is 1. The van der Waals surface area contributed by atoms with E-state index in [-0.39, 0.29) is 18.0 Å². The smallest absolute Gasteiger partial charge is 0.342 e. The number of allylic oxidation sites excluding steroid dienone is 1. The Hall–Kier alpha value is -2.33. The summed E-state index contributed by atoms with van der Waals surface area (Å²) in [4.78, 5) is 28.3. The number of aryl methyl sites for hydroxylation is 1. The van der Waals surface area contributed by atoms with Crippen molar-refractivity contribution >= 4 is 28.9 Å². The molecule has 3 rings (SSSR count). The maximum absolute atomic E-state index is 12.9. The van der Waals surface area contributed by atoms with Crippen LogP contribution in [0.3, 0.4) is 0 Å². The van der Waals surface area contributed by atoms with Gasteiger partial charge in [0.15, 0.2) is 0 Å². The molecule has 1 aliphatic carbocycles. The van der Waals surface area contributed by atoms with Crippen LogP contribution in [-0.4, -0.2) is 23.3 Å². The molecule has 118 valence electrons. The Balaban J connectivity index is 2.19. The van der Waals surface area contributed by atoms with Crippen LogP contribution >= 0.6 is 11.6 Å². The van der Waals surface area contributed by atoms with Crippen LogP contribution < -0.4 is 0 Å². The maximum atomic E-state index is 12.9. The Bertz CT molecular complexity index is 819. The summed E-state index contributed by atoms with van der Waals surface area (Å²) in [5.41, 5.74) is 3.64. The molecular weight excluding hydrogens is 314 g/mol. The third kappa shape index (κ3) is 2.70. The van der Waals surface area contributed by atoms with E-state index in [2.05, 4.69) is 4.98 Å². The number of hydrogen-bond acceptors (Lipinski definition) is 3. The van der Waals surface area contributed by atoms with E-state index in [0.29, 0.717) is 22.6 Å². The third-order valence-electron chi connectivity index (χ3n) is 3.93. The summed E-state index contributed by atoms with van der Waals surface area (Å²) in [5, 5.41) is 0.613. The number of aromatic nitrogens is 1. The first-order valence-corrected chi connectivity index (χ1v) is 7.78. The normalized spacial score (nSPS) is 14.0. The third-order valence-corrected chi connectivity index (χ3v) is 4.33. The Labute approximate surface area is 139 Å². The average molecular weight is 330 g/mol. The van der Waals surface area contributed by atoms with Gasteiger partial charge in [0.2, 0.25) is 5.78 Å². The lowest BCUT2D eigenvalue weighted by Crippen LogP contribution is -2.24. The van der Waals surface area contributed by atoms with Crippen LogP contribution in [0.1, 0.15) is 34.1 Å². The van der Waals surface area contributed by atoms with Gasteiger partial charge in [-0.05, 0) is 54.8 Å². The molecule has 0 saturated carbocycles. The van der Waals surface area contributed by atoms with Crippen molar-refractivity contribution in [2.24, 2.45) is 0 Å². The molecule has 0 fully saturated rings. The minimum Gasteiger partial charge on any atom is -0.462 e. The largest absolute Gasteiger partial charge is 0.462 e. The van der Waals surface area contributed by atoms with E-state index in [1.54, 1.807) is 25.3 Å². The van der Waals surface area contributed by atoms with Gasteiger partial charge in [0.1, 0.15) is 5.57 Å². The molecule has 0 saturated heterocycles. The number of carbonyl (C=O) groups is 2. The van der Waals surface area contributed by atoms with Crippen LogP contribution in [0.15, 0.2) is 36.0 Å². The molecule has 0 aliphatic heterocycles. The highest BCUT2D eigenvalue weighted by molar-refractivity contribution is 6.33. The second-order valence-corrected chi connectivity index (χ2v) is 5.83. The van der Waals surface area contributed by atoms with Crippen LogP contribution in [0.25, 0.3) is 5.57 Å². The van der Waals surface area contributed by atoms with Crippen LogP contribution in [0.2, 0.25) is 5.02 Å². The lowest BCUT2D eigenvalue weighted by atomic mass is 9.83. The predicted octanol–water partition coefficient (Wildman–Crippen LogP) is 3.73. The van der Waals surface area contributed by atoms with Gasteiger partial charge in [-0.3, -0.25) is 4.79 Å². The lowest BCUT2D eigenvalue weighted by Gasteiger charge is -2.21. The summed E-state index contributed by atoms with van der Waals surface area (Å²) >= 11 is 6.19. The van der Waals surface area contributed by atoms with E-state index in [4.69, 9.17) is 16.3 Å². The first-order valence-electron chi connectivity index (χ1n) is 7.40. The van der Waals surface area contributed by atoms with Crippen molar-refractivity contribution in [3.63, 3.8) is 0 Å². The first kappa shape index (κ1) is 15.6. The number of fused-ring (bicyclic) bond motifs is 1. The number of hydrogen-bond donors (Lipinski definition) is 1. The Morgan fingerprint density at radius 2 is 2.17 bits per heavy atom. The summed E-state index contributed by atoms with van der Waals surface area (Å²) in [6.45, 7) is 3.78. The number of carbonyl (C=O) groups excluding carboxylic acids is 2. The molecule has 0 unspecified atom stereocenters. The molecule has 0 amide bonds. The van der Waals surface area contributed by atoms with Crippen molar-refractivity contribution in [2.45, 2.75) is 20.3 Å². The van der Waals surface area contributed by atoms with Gasteiger partial charge < -0.3 is 9.72 Å². The Morgan fingerprint density at radius 1 is 1.39 bits per heavy atom. The SMILES string of the molecule is CCOC(=O)C1=C(c2ccc[nH]2)Cc2cc(Cl)c(C)cc2C1=O. The molecule has 0 spiro atoms. The zero-order valence-corrected chi connectivity index (χ0v) is 13.7. The maximum Gasteiger partial charge on any atom is 0.342 e. The van der Waals surface area contributed by atoms with E-state index < -0.39 is 5.97 Å². The Morgan fingerprint density at radius 3 is 2.83 bits per heavy atom. The average Bonchev–Trinajstić information content (AvgIpc) is 3.03. The van der Waals surface area contributed by atoms with Crippen molar-refractivity contribution in [1.29, 1.82) is 0 Å². The van der Waals surface area contributed by atoms with Gasteiger partial charge in [0.05, 0.1) is 6.61 Å². The summed E-state index contributed by atoms with van der Waals surface area (Å²) in [7, 11) is 0. The highest BCUT2D eigenvalue weighted by Crippen LogP contribution is 2.34. The number of H-pyrrole nitrogens is 1. The van der Waals surface area contributed by atoms with Gasteiger partial charge in [0.25, 0.3) is 0 Å². The molecule has 23 heavy (non-hydrogen) atoms. The lowest BCUT2D eigenvalue weighted by molar-refractivity contribution is -0.138. The fourth-order valence-electron chi connectivity index (χ4n) is 2.80. The van der Waals surface area contributed by atoms with Gasteiger partial charge in [0, 0.05) is 28.9 Å². The monoisotopic (exact) mass is 329 g/mol. The summed E-state index contributed by atoms with van der Waals surface area (Å²) < 4.78 is 5.09. The van der Waals surface area contributed by atoms with Gasteiger partial charge in [-0.15, -0.1) is 0 Å². The van der Waals surface area contributed by atoms with Gasteiger partial charge in [-0.1, -0.05) is 11.6 Å². The van der Waals surface area contributed by atoms with Crippen molar-refractivity contribution in [3.8, 4) is 0 Å². The molecular formula is C18H16ClNO3. The van der Waals surface area contributed by atoms with Crippen LogP contribution in [-0.2, 0) is 16.0 Å². The molecule has 1 N–H and O–H groups in total. The number of nitrogens with one attached hydrogen (secondary N) is 1.